The van der Waals surface area contributed by atoms with Crippen LogP contribution in [-0.4, -0.2) is 24.7 Å². The van der Waals surface area contributed by atoms with Crippen molar-refractivity contribution in [3.05, 3.63) is 23.3 Å². The SMILES string of the molecule is CCCCOc1c(C)cc(NC(=O)[C@]2(OCC)CCC[C@H](C)C2)cc1C. The highest BCUT2D eigenvalue weighted by atomic mass is 16.5. The third-order valence-corrected chi connectivity index (χ3v) is 5.25. The van der Waals surface area contributed by atoms with Gasteiger partial charge < -0.3 is 14.8 Å². The molecule has 4 heteroatoms. The van der Waals surface area contributed by atoms with Gasteiger partial charge in [-0.3, -0.25) is 4.79 Å². The second-order valence-corrected chi connectivity index (χ2v) is 7.72. The van der Waals surface area contributed by atoms with E-state index in [1.165, 1.54) is 6.42 Å². The van der Waals surface area contributed by atoms with Crippen LogP contribution in [0.3, 0.4) is 0 Å². The van der Waals surface area contributed by atoms with Gasteiger partial charge in [-0.2, -0.15) is 0 Å². The van der Waals surface area contributed by atoms with E-state index in [9.17, 15) is 4.79 Å². The van der Waals surface area contributed by atoms with Crippen molar-refractivity contribution in [1.82, 2.24) is 0 Å². The third-order valence-electron chi connectivity index (χ3n) is 5.25. The van der Waals surface area contributed by atoms with Gasteiger partial charge in [0.15, 0.2) is 0 Å². The molecule has 0 spiro atoms. The van der Waals surface area contributed by atoms with E-state index in [0.717, 1.165) is 61.3 Å². The van der Waals surface area contributed by atoms with Crippen molar-refractivity contribution < 1.29 is 14.3 Å². The van der Waals surface area contributed by atoms with E-state index in [4.69, 9.17) is 9.47 Å². The van der Waals surface area contributed by atoms with Gasteiger partial charge in [0.05, 0.1) is 6.61 Å². The highest BCUT2D eigenvalue weighted by molar-refractivity contribution is 5.97. The molecule has 0 unspecified atom stereocenters. The van der Waals surface area contributed by atoms with Crippen molar-refractivity contribution in [3.63, 3.8) is 0 Å². The van der Waals surface area contributed by atoms with Gasteiger partial charge in [-0.25, -0.2) is 0 Å². The first-order valence-corrected chi connectivity index (χ1v) is 10.1. The van der Waals surface area contributed by atoms with E-state index in [-0.39, 0.29) is 5.91 Å². The van der Waals surface area contributed by atoms with Gasteiger partial charge in [0.25, 0.3) is 5.91 Å². The Morgan fingerprint density at radius 1 is 1.27 bits per heavy atom. The number of hydrogen-bond donors (Lipinski definition) is 1. The Balaban J connectivity index is 2.14. The number of nitrogens with one attached hydrogen (secondary N) is 1. The molecule has 0 aromatic heterocycles. The van der Waals surface area contributed by atoms with E-state index in [1.807, 2.05) is 32.9 Å². The summed E-state index contributed by atoms with van der Waals surface area (Å²) in [5, 5.41) is 3.11. The van der Waals surface area contributed by atoms with E-state index < -0.39 is 5.60 Å². The van der Waals surface area contributed by atoms with Crippen LogP contribution in [0.25, 0.3) is 0 Å². The minimum atomic E-state index is -0.690. The molecule has 1 fully saturated rings. The first-order chi connectivity index (χ1) is 12.4. The first kappa shape index (κ1) is 20.8. The molecular formula is C22H35NO3. The predicted molar refractivity (Wildman–Crippen MR) is 107 cm³/mol. The number of unbranched alkanes of at least 4 members (excludes halogenated alkanes) is 1. The highest BCUT2D eigenvalue weighted by Gasteiger charge is 2.42. The van der Waals surface area contributed by atoms with Crippen LogP contribution >= 0.6 is 0 Å². The summed E-state index contributed by atoms with van der Waals surface area (Å²) in [6.07, 6.45) is 5.97. The monoisotopic (exact) mass is 361 g/mol. The number of anilines is 1. The Labute approximate surface area is 158 Å². The van der Waals surface area contributed by atoms with Crippen molar-refractivity contribution in [1.29, 1.82) is 0 Å². The van der Waals surface area contributed by atoms with Crippen molar-refractivity contribution in [2.75, 3.05) is 18.5 Å². The van der Waals surface area contributed by atoms with E-state index >= 15 is 0 Å². The van der Waals surface area contributed by atoms with Crippen molar-refractivity contribution in [2.45, 2.75) is 78.7 Å². The molecule has 1 N–H and O–H groups in total. The van der Waals surface area contributed by atoms with Crippen LogP contribution in [0.5, 0.6) is 5.75 Å². The summed E-state index contributed by atoms with van der Waals surface area (Å²) in [4.78, 5) is 13.1. The lowest BCUT2D eigenvalue weighted by atomic mass is 9.78. The molecule has 4 nitrogen and oxygen atoms in total. The standard InChI is InChI=1S/C22H35NO3/c1-6-8-12-25-20-17(4)13-19(14-18(20)5)23-21(24)22(26-7-2)11-9-10-16(3)15-22/h13-14,16H,6-12,15H2,1-5H3,(H,23,24)/t16-,22-/m0/s1. The number of ether oxygens (including phenoxy) is 2. The van der Waals surface area contributed by atoms with Crippen LogP contribution in [0.4, 0.5) is 5.69 Å². The van der Waals surface area contributed by atoms with E-state index in [1.54, 1.807) is 0 Å². The summed E-state index contributed by atoms with van der Waals surface area (Å²) in [6.45, 7) is 11.7. The van der Waals surface area contributed by atoms with Crippen LogP contribution in [0.15, 0.2) is 12.1 Å². The van der Waals surface area contributed by atoms with E-state index in [2.05, 4.69) is 19.2 Å². The number of amides is 1. The van der Waals surface area contributed by atoms with Crippen molar-refractivity contribution in [3.8, 4) is 5.75 Å². The fourth-order valence-electron chi connectivity index (χ4n) is 4.00. The number of aryl methyl sites for hydroxylation is 2. The molecule has 1 amide bonds. The van der Waals surface area contributed by atoms with Crippen LogP contribution in [0.2, 0.25) is 0 Å². The lowest BCUT2D eigenvalue weighted by Gasteiger charge is -2.38. The molecule has 0 radical (unpaired) electrons. The topological polar surface area (TPSA) is 47.6 Å². The number of benzene rings is 1. The lowest BCUT2D eigenvalue weighted by Crippen LogP contribution is -2.48. The number of hydrogen-bond acceptors (Lipinski definition) is 3. The van der Waals surface area contributed by atoms with Gasteiger partial charge in [0.1, 0.15) is 11.4 Å². The van der Waals surface area contributed by atoms with Gasteiger partial charge in [-0.15, -0.1) is 0 Å². The molecule has 146 valence electrons. The fraction of sp³-hybridized carbons (Fsp3) is 0.682. The first-order valence-electron chi connectivity index (χ1n) is 10.1. The van der Waals surface area contributed by atoms with Gasteiger partial charge in [-0.1, -0.05) is 26.7 Å². The summed E-state index contributed by atoms with van der Waals surface area (Å²) in [5.74, 6) is 1.44. The fourth-order valence-corrected chi connectivity index (χ4v) is 4.00. The summed E-state index contributed by atoms with van der Waals surface area (Å²) < 4.78 is 11.9. The molecule has 0 bridgehead atoms. The Hall–Kier alpha value is -1.55. The normalized spacial score (nSPS) is 22.9. The Kier molecular flexibility index (Phi) is 7.51. The number of carbonyl (C=O) groups excluding carboxylic acids is 1. The molecule has 0 heterocycles. The molecule has 2 atom stereocenters. The van der Waals surface area contributed by atoms with Crippen LogP contribution in [0, 0.1) is 19.8 Å². The number of rotatable bonds is 8. The summed E-state index contributed by atoms with van der Waals surface area (Å²) >= 11 is 0. The van der Waals surface area contributed by atoms with Crippen molar-refractivity contribution >= 4 is 11.6 Å². The molecule has 1 aliphatic carbocycles. The van der Waals surface area contributed by atoms with Crippen LogP contribution in [-0.2, 0) is 9.53 Å². The lowest BCUT2D eigenvalue weighted by molar-refractivity contribution is -0.147. The molecule has 0 saturated heterocycles. The van der Waals surface area contributed by atoms with Gasteiger partial charge in [0.2, 0.25) is 0 Å². The molecule has 1 aromatic carbocycles. The predicted octanol–water partition coefficient (Wildman–Crippen LogP) is 5.41. The maximum Gasteiger partial charge on any atom is 0.256 e. The summed E-state index contributed by atoms with van der Waals surface area (Å²) in [7, 11) is 0. The smallest absolute Gasteiger partial charge is 0.256 e. The Bertz CT molecular complexity index is 586. The molecule has 26 heavy (non-hydrogen) atoms. The minimum Gasteiger partial charge on any atom is -0.493 e. The molecule has 1 saturated carbocycles. The highest BCUT2D eigenvalue weighted by Crippen LogP contribution is 2.37. The second-order valence-electron chi connectivity index (χ2n) is 7.72. The zero-order valence-corrected chi connectivity index (χ0v) is 17.1. The van der Waals surface area contributed by atoms with E-state index in [0.29, 0.717) is 12.5 Å². The molecule has 1 aromatic rings. The summed E-state index contributed by atoms with van der Waals surface area (Å²) in [6, 6.07) is 4.00. The maximum atomic E-state index is 13.1. The van der Waals surface area contributed by atoms with Gasteiger partial charge in [-0.05, 0) is 75.6 Å². The summed E-state index contributed by atoms with van der Waals surface area (Å²) in [5.41, 5.74) is 2.24. The van der Waals surface area contributed by atoms with Crippen LogP contribution in [0.1, 0.15) is 70.4 Å². The maximum absolute atomic E-state index is 13.1. The molecule has 2 rings (SSSR count). The molecular weight excluding hydrogens is 326 g/mol. The Morgan fingerprint density at radius 2 is 1.96 bits per heavy atom. The minimum absolute atomic E-state index is 0.00986. The Morgan fingerprint density at radius 3 is 2.54 bits per heavy atom. The zero-order valence-electron chi connectivity index (χ0n) is 17.1. The van der Waals surface area contributed by atoms with Gasteiger partial charge >= 0.3 is 0 Å². The van der Waals surface area contributed by atoms with Crippen LogP contribution < -0.4 is 10.1 Å². The average molecular weight is 362 g/mol. The van der Waals surface area contributed by atoms with Gasteiger partial charge in [0, 0.05) is 12.3 Å². The quantitative estimate of drug-likeness (QED) is 0.630. The van der Waals surface area contributed by atoms with Crippen molar-refractivity contribution in [2.24, 2.45) is 5.92 Å². The zero-order chi connectivity index (χ0) is 19.2. The molecule has 0 aliphatic heterocycles. The third kappa shape index (κ3) is 5.00. The average Bonchev–Trinajstić information content (AvgIpc) is 2.57. The largest absolute Gasteiger partial charge is 0.493 e. The number of carbonyl (C=O) groups is 1. The second kappa shape index (κ2) is 9.40. The molecule has 1 aliphatic rings.